The molecule has 0 spiro atoms. The van der Waals surface area contributed by atoms with Gasteiger partial charge in [-0.3, -0.25) is 5.10 Å². The minimum Gasteiger partial charge on any atom is -0.369 e. The molecule has 2 aromatic heterocycles. The van der Waals surface area contributed by atoms with Crippen LogP contribution in [0.3, 0.4) is 0 Å². The third-order valence-electron chi connectivity index (χ3n) is 3.57. The van der Waals surface area contributed by atoms with Crippen LogP contribution in [0.5, 0.6) is 0 Å². The molecular formula is C12H17N5S. The van der Waals surface area contributed by atoms with Gasteiger partial charge in [0.25, 0.3) is 5.78 Å². The van der Waals surface area contributed by atoms with E-state index in [1.165, 1.54) is 24.9 Å². The second-order valence-corrected chi connectivity index (χ2v) is 5.23. The Morgan fingerprint density at radius 1 is 1.11 bits per heavy atom. The van der Waals surface area contributed by atoms with E-state index in [4.69, 9.17) is 12.2 Å². The fraction of sp³-hybridized carbons (Fsp3) is 0.583. The summed E-state index contributed by atoms with van der Waals surface area (Å²) in [6.45, 7) is 6.38. The van der Waals surface area contributed by atoms with Gasteiger partial charge in [-0.15, -0.1) is 0 Å². The van der Waals surface area contributed by atoms with Crippen LogP contribution in [0.25, 0.3) is 5.78 Å². The van der Waals surface area contributed by atoms with Crippen LogP contribution >= 0.6 is 12.2 Å². The molecule has 1 N–H and O–H groups in total. The zero-order valence-electron chi connectivity index (χ0n) is 10.7. The predicted octanol–water partition coefficient (Wildman–Crippen LogP) is 2.39. The van der Waals surface area contributed by atoms with Crippen molar-refractivity contribution in [3.8, 4) is 0 Å². The van der Waals surface area contributed by atoms with Gasteiger partial charge in [0.1, 0.15) is 0 Å². The Labute approximate surface area is 111 Å². The molecule has 96 valence electrons. The standard InChI is InChI=1S/C12H17N5S/c1-8-10(16-6-4-3-5-7-16)9(2)17-11(13-8)14-12(18)15-17/h3-7H2,1-2H3,(H,15,18). The molecule has 0 atom stereocenters. The van der Waals surface area contributed by atoms with E-state index >= 15 is 0 Å². The van der Waals surface area contributed by atoms with Crippen molar-refractivity contribution in [3.05, 3.63) is 16.2 Å². The number of aromatic nitrogens is 4. The maximum atomic E-state index is 5.07. The molecule has 5 nitrogen and oxygen atoms in total. The Balaban J connectivity index is 2.18. The predicted molar refractivity (Wildman–Crippen MR) is 73.7 cm³/mol. The van der Waals surface area contributed by atoms with Crippen LogP contribution in [0.1, 0.15) is 30.7 Å². The smallest absolute Gasteiger partial charge is 0.252 e. The number of rotatable bonds is 1. The van der Waals surface area contributed by atoms with Crippen LogP contribution in [0, 0.1) is 18.6 Å². The average molecular weight is 263 g/mol. The second-order valence-electron chi connectivity index (χ2n) is 4.84. The Kier molecular flexibility index (Phi) is 2.81. The lowest BCUT2D eigenvalue weighted by Crippen LogP contribution is -2.31. The first-order valence-corrected chi connectivity index (χ1v) is 6.78. The highest BCUT2D eigenvalue weighted by molar-refractivity contribution is 7.71. The molecule has 6 heteroatoms. The number of fused-ring (bicyclic) bond motifs is 1. The summed E-state index contributed by atoms with van der Waals surface area (Å²) in [4.78, 5) is 11.2. The van der Waals surface area contributed by atoms with Crippen molar-refractivity contribution in [3.63, 3.8) is 0 Å². The van der Waals surface area contributed by atoms with Gasteiger partial charge in [0, 0.05) is 13.1 Å². The third-order valence-corrected chi connectivity index (χ3v) is 3.75. The van der Waals surface area contributed by atoms with Crippen LogP contribution < -0.4 is 4.90 Å². The number of nitrogens with one attached hydrogen (secondary N) is 1. The van der Waals surface area contributed by atoms with Crippen molar-refractivity contribution < 1.29 is 0 Å². The summed E-state index contributed by atoms with van der Waals surface area (Å²) in [5, 5.41) is 3.06. The van der Waals surface area contributed by atoms with Gasteiger partial charge in [-0.2, -0.15) is 4.98 Å². The average Bonchev–Trinajstić information content (AvgIpc) is 2.71. The summed E-state index contributed by atoms with van der Waals surface area (Å²) in [6.07, 6.45) is 3.85. The fourth-order valence-electron chi connectivity index (χ4n) is 2.77. The number of nitrogens with zero attached hydrogens (tertiary/aromatic N) is 4. The van der Waals surface area contributed by atoms with E-state index < -0.39 is 0 Å². The van der Waals surface area contributed by atoms with Crippen LogP contribution in [0.2, 0.25) is 0 Å². The lowest BCUT2D eigenvalue weighted by atomic mass is 10.1. The van der Waals surface area contributed by atoms with Crippen molar-refractivity contribution >= 4 is 23.7 Å². The third kappa shape index (κ3) is 1.80. The maximum absolute atomic E-state index is 5.07. The van der Waals surface area contributed by atoms with Crippen molar-refractivity contribution in [2.75, 3.05) is 18.0 Å². The highest BCUT2D eigenvalue weighted by Gasteiger charge is 2.18. The summed E-state index contributed by atoms with van der Waals surface area (Å²) >= 11 is 5.07. The van der Waals surface area contributed by atoms with Crippen LogP contribution in [-0.4, -0.2) is 32.7 Å². The molecule has 0 amide bonds. The number of aromatic amines is 1. The monoisotopic (exact) mass is 263 g/mol. The van der Waals surface area contributed by atoms with Crippen molar-refractivity contribution in [2.24, 2.45) is 0 Å². The normalized spacial score (nSPS) is 16.4. The van der Waals surface area contributed by atoms with Crippen molar-refractivity contribution in [2.45, 2.75) is 33.1 Å². The number of anilines is 1. The van der Waals surface area contributed by atoms with Crippen LogP contribution in [0.4, 0.5) is 5.69 Å². The van der Waals surface area contributed by atoms with Gasteiger partial charge in [-0.05, 0) is 45.3 Å². The topological polar surface area (TPSA) is 49.2 Å². The summed E-state index contributed by atoms with van der Waals surface area (Å²) in [5.74, 6) is 0.663. The molecule has 1 aliphatic heterocycles. The van der Waals surface area contributed by atoms with E-state index in [0.717, 1.165) is 24.5 Å². The van der Waals surface area contributed by atoms with Crippen molar-refractivity contribution in [1.29, 1.82) is 0 Å². The summed E-state index contributed by atoms with van der Waals surface area (Å²) < 4.78 is 2.38. The summed E-state index contributed by atoms with van der Waals surface area (Å²) in [7, 11) is 0. The first kappa shape index (κ1) is 11.6. The number of H-pyrrole nitrogens is 1. The molecule has 1 fully saturated rings. The molecule has 0 saturated carbocycles. The number of piperidine rings is 1. The van der Waals surface area contributed by atoms with Gasteiger partial charge in [0.15, 0.2) is 0 Å². The second kappa shape index (κ2) is 4.35. The highest BCUT2D eigenvalue weighted by atomic mass is 32.1. The Morgan fingerprint density at radius 3 is 2.56 bits per heavy atom. The zero-order valence-corrected chi connectivity index (χ0v) is 11.5. The number of aryl methyl sites for hydroxylation is 2. The molecule has 0 aromatic carbocycles. The van der Waals surface area contributed by atoms with E-state index in [2.05, 4.69) is 33.8 Å². The quantitative estimate of drug-likeness (QED) is 0.803. The molecule has 1 aliphatic rings. The lowest BCUT2D eigenvalue weighted by molar-refractivity contribution is 0.573. The Morgan fingerprint density at radius 2 is 1.83 bits per heavy atom. The molecule has 3 rings (SSSR count). The van der Waals surface area contributed by atoms with Gasteiger partial charge < -0.3 is 4.90 Å². The molecule has 3 heterocycles. The molecule has 0 aliphatic carbocycles. The van der Waals surface area contributed by atoms with Gasteiger partial charge >= 0.3 is 0 Å². The van der Waals surface area contributed by atoms with E-state index in [1.807, 2.05) is 4.52 Å². The molecule has 18 heavy (non-hydrogen) atoms. The zero-order chi connectivity index (χ0) is 12.7. The molecule has 2 aromatic rings. The van der Waals surface area contributed by atoms with E-state index in [9.17, 15) is 0 Å². The van der Waals surface area contributed by atoms with Gasteiger partial charge in [0.05, 0.1) is 17.1 Å². The Bertz CT molecular complexity index is 636. The molecule has 1 saturated heterocycles. The minimum atomic E-state index is 0.487. The molecule has 0 bridgehead atoms. The summed E-state index contributed by atoms with van der Waals surface area (Å²) in [5.41, 5.74) is 3.41. The maximum Gasteiger partial charge on any atom is 0.252 e. The Hall–Kier alpha value is -1.43. The van der Waals surface area contributed by atoms with Crippen LogP contribution in [-0.2, 0) is 0 Å². The highest BCUT2D eigenvalue weighted by Crippen LogP contribution is 2.26. The first-order chi connectivity index (χ1) is 8.66. The van der Waals surface area contributed by atoms with Crippen LogP contribution in [0.15, 0.2) is 0 Å². The lowest BCUT2D eigenvalue weighted by Gasteiger charge is -2.31. The van der Waals surface area contributed by atoms with Gasteiger partial charge in [-0.1, -0.05) is 0 Å². The fourth-order valence-corrected chi connectivity index (χ4v) is 2.94. The number of hydrogen-bond acceptors (Lipinski definition) is 4. The SMILES string of the molecule is Cc1nc2nc(=S)[nH]n2c(C)c1N1CCCCC1. The van der Waals surface area contributed by atoms with Gasteiger partial charge in [-0.25, -0.2) is 9.50 Å². The molecule has 0 unspecified atom stereocenters. The first-order valence-electron chi connectivity index (χ1n) is 6.38. The van der Waals surface area contributed by atoms with E-state index in [-0.39, 0.29) is 0 Å². The van der Waals surface area contributed by atoms with E-state index in [1.54, 1.807) is 0 Å². The summed E-state index contributed by atoms with van der Waals surface area (Å²) in [6, 6.07) is 0. The van der Waals surface area contributed by atoms with E-state index in [0.29, 0.717) is 10.5 Å². The molecule has 0 radical (unpaired) electrons. The largest absolute Gasteiger partial charge is 0.369 e. The minimum absolute atomic E-state index is 0.487. The molecular weight excluding hydrogens is 246 g/mol. The van der Waals surface area contributed by atoms with Gasteiger partial charge in [0.2, 0.25) is 4.77 Å². The number of hydrogen-bond donors (Lipinski definition) is 1. The van der Waals surface area contributed by atoms with Crippen molar-refractivity contribution in [1.82, 2.24) is 19.6 Å².